The number of rotatable bonds is 5. The van der Waals surface area contributed by atoms with Crippen LogP contribution in [0.4, 0.5) is 5.69 Å². The first-order chi connectivity index (χ1) is 9.85. The lowest BCUT2D eigenvalue weighted by molar-refractivity contribution is 0.402. The van der Waals surface area contributed by atoms with Crippen molar-refractivity contribution in [3.63, 3.8) is 0 Å². The Morgan fingerprint density at radius 2 is 2.19 bits per heavy atom. The zero-order valence-electron chi connectivity index (χ0n) is 11.4. The predicted octanol–water partition coefficient (Wildman–Crippen LogP) is 1.80. The molecule has 4 N–H and O–H groups in total. The van der Waals surface area contributed by atoms with Gasteiger partial charge in [-0.25, -0.2) is 18.1 Å². The number of nitrogens with two attached hydrogens (primary N) is 1. The van der Waals surface area contributed by atoms with Crippen LogP contribution in [0.5, 0.6) is 5.75 Å². The molecule has 0 amide bonds. The fraction of sp³-hybridized carbons (Fsp3) is 0.250. The first-order valence-electron chi connectivity index (χ1n) is 5.99. The number of sulfonamides is 1. The van der Waals surface area contributed by atoms with Crippen LogP contribution in [0.2, 0.25) is 0 Å². The number of imidazole rings is 1. The van der Waals surface area contributed by atoms with E-state index in [2.05, 4.69) is 30.6 Å². The van der Waals surface area contributed by atoms with E-state index < -0.39 is 16.1 Å². The molecule has 1 atom stereocenters. The minimum Gasteiger partial charge on any atom is -0.495 e. The molecule has 2 aromatic rings. The highest BCUT2D eigenvalue weighted by molar-refractivity contribution is 9.10. The monoisotopic (exact) mass is 374 g/mol. The van der Waals surface area contributed by atoms with Gasteiger partial charge < -0.3 is 15.5 Å². The third-order valence-electron chi connectivity index (χ3n) is 2.83. The van der Waals surface area contributed by atoms with Crippen molar-refractivity contribution >= 4 is 31.6 Å². The van der Waals surface area contributed by atoms with Gasteiger partial charge in [0.05, 0.1) is 13.2 Å². The number of hydrogen-bond donors (Lipinski definition) is 3. The lowest BCUT2D eigenvalue weighted by atomic mass is 10.3. The molecule has 9 heteroatoms. The molecule has 21 heavy (non-hydrogen) atoms. The van der Waals surface area contributed by atoms with Crippen LogP contribution in [-0.4, -0.2) is 25.5 Å². The molecule has 1 aromatic carbocycles. The first-order valence-corrected chi connectivity index (χ1v) is 8.27. The van der Waals surface area contributed by atoms with Crippen molar-refractivity contribution in [3.8, 4) is 5.75 Å². The fourth-order valence-electron chi connectivity index (χ4n) is 1.79. The van der Waals surface area contributed by atoms with Crippen LogP contribution in [0, 0.1) is 0 Å². The molecule has 0 bridgehead atoms. The van der Waals surface area contributed by atoms with E-state index >= 15 is 0 Å². The lowest BCUT2D eigenvalue weighted by Crippen LogP contribution is -2.28. The molecule has 114 valence electrons. The van der Waals surface area contributed by atoms with E-state index in [-0.39, 0.29) is 10.6 Å². The van der Waals surface area contributed by atoms with E-state index in [1.54, 1.807) is 19.3 Å². The van der Waals surface area contributed by atoms with Crippen LogP contribution in [0.15, 0.2) is 33.9 Å². The van der Waals surface area contributed by atoms with Crippen LogP contribution >= 0.6 is 15.9 Å². The molecule has 1 heterocycles. The summed E-state index contributed by atoms with van der Waals surface area (Å²) in [7, 11) is -2.41. The summed E-state index contributed by atoms with van der Waals surface area (Å²) in [5, 5.41) is 0. The second-order valence-corrected chi connectivity index (χ2v) is 6.88. The van der Waals surface area contributed by atoms with Gasteiger partial charge in [-0.1, -0.05) is 0 Å². The summed E-state index contributed by atoms with van der Waals surface area (Å²) < 4.78 is 33.2. The third kappa shape index (κ3) is 3.36. The number of benzene rings is 1. The number of ether oxygens (including phenoxy) is 1. The summed E-state index contributed by atoms with van der Waals surface area (Å²) in [6, 6.07) is 2.35. The fourth-order valence-corrected chi connectivity index (χ4v) is 3.50. The third-order valence-corrected chi connectivity index (χ3v) is 5.08. The predicted molar refractivity (Wildman–Crippen MR) is 82.4 cm³/mol. The van der Waals surface area contributed by atoms with Gasteiger partial charge in [0, 0.05) is 22.6 Å². The Kier molecular flexibility index (Phi) is 4.55. The molecule has 0 saturated carbocycles. The maximum Gasteiger partial charge on any atom is 0.244 e. The Morgan fingerprint density at radius 3 is 2.76 bits per heavy atom. The maximum absolute atomic E-state index is 12.5. The van der Waals surface area contributed by atoms with Crippen molar-refractivity contribution in [1.29, 1.82) is 0 Å². The van der Waals surface area contributed by atoms with E-state index in [0.717, 1.165) is 0 Å². The number of hydrogen-bond acceptors (Lipinski definition) is 5. The summed E-state index contributed by atoms with van der Waals surface area (Å²) in [5.41, 5.74) is 6.06. The molecule has 2 rings (SSSR count). The van der Waals surface area contributed by atoms with Crippen LogP contribution in [0.3, 0.4) is 0 Å². The topological polar surface area (TPSA) is 110 Å². The summed E-state index contributed by atoms with van der Waals surface area (Å²) in [6.45, 7) is 1.69. The summed E-state index contributed by atoms with van der Waals surface area (Å²) >= 11 is 3.23. The molecular weight excluding hydrogens is 360 g/mol. The van der Waals surface area contributed by atoms with Gasteiger partial charge >= 0.3 is 0 Å². The maximum atomic E-state index is 12.5. The average molecular weight is 375 g/mol. The Morgan fingerprint density at radius 1 is 1.48 bits per heavy atom. The van der Waals surface area contributed by atoms with Crippen LogP contribution in [0.1, 0.15) is 18.8 Å². The molecule has 0 aliphatic heterocycles. The van der Waals surface area contributed by atoms with Gasteiger partial charge in [-0.3, -0.25) is 0 Å². The normalized spacial score (nSPS) is 13.1. The molecule has 0 saturated heterocycles. The molecule has 1 unspecified atom stereocenters. The molecule has 0 fully saturated rings. The molecule has 0 spiro atoms. The number of aromatic nitrogens is 2. The lowest BCUT2D eigenvalue weighted by Gasteiger charge is -2.15. The van der Waals surface area contributed by atoms with Crippen molar-refractivity contribution in [2.45, 2.75) is 17.9 Å². The quantitative estimate of drug-likeness (QED) is 0.691. The van der Waals surface area contributed by atoms with Gasteiger partial charge in [0.1, 0.15) is 16.5 Å². The summed E-state index contributed by atoms with van der Waals surface area (Å²) in [5.74, 6) is 0.720. The van der Waals surface area contributed by atoms with Crippen molar-refractivity contribution in [2.75, 3.05) is 12.8 Å². The highest BCUT2D eigenvalue weighted by Crippen LogP contribution is 2.32. The van der Waals surface area contributed by atoms with Crippen LogP contribution < -0.4 is 15.2 Å². The molecule has 7 nitrogen and oxygen atoms in total. The van der Waals surface area contributed by atoms with Gasteiger partial charge in [0.2, 0.25) is 10.0 Å². The SMILES string of the molecule is COc1cc(Br)c(N)cc1S(=O)(=O)NC(C)c1ncc[nH]1. The smallest absolute Gasteiger partial charge is 0.244 e. The largest absolute Gasteiger partial charge is 0.495 e. The molecule has 1 aromatic heterocycles. The van der Waals surface area contributed by atoms with Crippen molar-refractivity contribution in [3.05, 3.63) is 34.8 Å². The Hall–Kier alpha value is -1.58. The van der Waals surface area contributed by atoms with Crippen molar-refractivity contribution in [1.82, 2.24) is 14.7 Å². The number of nitrogens with one attached hydrogen (secondary N) is 2. The van der Waals surface area contributed by atoms with Crippen molar-refractivity contribution < 1.29 is 13.2 Å². The van der Waals surface area contributed by atoms with E-state index in [9.17, 15) is 8.42 Å². The van der Waals surface area contributed by atoms with Crippen molar-refractivity contribution in [2.24, 2.45) is 0 Å². The highest BCUT2D eigenvalue weighted by atomic mass is 79.9. The van der Waals surface area contributed by atoms with E-state index in [0.29, 0.717) is 16.0 Å². The number of nitrogen functional groups attached to an aromatic ring is 1. The second-order valence-electron chi connectivity index (χ2n) is 4.34. The van der Waals surface area contributed by atoms with E-state index in [1.165, 1.54) is 19.2 Å². The van der Waals surface area contributed by atoms with E-state index in [1.807, 2.05) is 0 Å². The summed E-state index contributed by atoms with van der Waals surface area (Å²) in [4.78, 5) is 6.86. The second kappa shape index (κ2) is 6.04. The van der Waals surface area contributed by atoms with Gasteiger partial charge in [-0.2, -0.15) is 0 Å². The Labute approximate surface area is 131 Å². The van der Waals surface area contributed by atoms with Crippen LogP contribution in [0.25, 0.3) is 0 Å². The number of halogens is 1. The average Bonchev–Trinajstić information content (AvgIpc) is 2.94. The van der Waals surface area contributed by atoms with Gasteiger partial charge in [0.25, 0.3) is 0 Å². The van der Waals surface area contributed by atoms with Crippen LogP contribution in [-0.2, 0) is 10.0 Å². The van der Waals surface area contributed by atoms with Gasteiger partial charge in [-0.05, 0) is 35.0 Å². The minimum absolute atomic E-state index is 0.0240. The minimum atomic E-state index is -3.80. The highest BCUT2D eigenvalue weighted by Gasteiger charge is 2.24. The number of H-pyrrole nitrogens is 1. The molecule has 0 radical (unpaired) electrons. The first kappa shape index (κ1) is 15.8. The number of anilines is 1. The summed E-state index contributed by atoms with van der Waals surface area (Å²) in [6.07, 6.45) is 3.18. The van der Waals surface area contributed by atoms with E-state index in [4.69, 9.17) is 10.5 Å². The molecule has 0 aliphatic carbocycles. The molecule has 0 aliphatic rings. The number of aromatic amines is 1. The standard InChI is InChI=1S/C12H15BrN4O3S/c1-7(12-15-3-4-16-12)17-21(18,19)11-6-9(14)8(13)5-10(11)20-2/h3-7,17H,14H2,1-2H3,(H,15,16). The zero-order valence-corrected chi connectivity index (χ0v) is 13.8. The molecular formula is C12H15BrN4O3S. The van der Waals surface area contributed by atoms with Gasteiger partial charge in [0.15, 0.2) is 0 Å². The zero-order chi connectivity index (χ0) is 15.6. The number of methoxy groups -OCH3 is 1. The Balaban J connectivity index is 2.38. The number of nitrogens with zero attached hydrogens (tertiary/aromatic N) is 1. The Bertz CT molecular complexity index is 731. The van der Waals surface area contributed by atoms with Gasteiger partial charge in [-0.15, -0.1) is 0 Å².